The summed E-state index contributed by atoms with van der Waals surface area (Å²) in [6, 6.07) is 32.4. The highest BCUT2D eigenvalue weighted by Gasteiger charge is 2.24. The van der Waals surface area contributed by atoms with Crippen molar-refractivity contribution in [3.05, 3.63) is 119 Å². The van der Waals surface area contributed by atoms with Gasteiger partial charge in [0.15, 0.2) is 0 Å². The van der Waals surface area contributed by atoms with Gasteiger partial charge in [0.25, 0.3) is 0 Å². The van der Waals surface area contributed by atoms with Crippen LogP contribution in [0.3, 0.4) is 0 Å². The van der Waals surface area contributed by atoms with Gasteiger partial charge in [-0.15, -0.1) is 0 Å². The van der Waals surface area contributed by atoms with E-state index in [4.69, 9.17) is 5.26 Å². The van der Waals surface area contributed by atoms with Crippen molar-refractivity contribution in [3.63, 3.8) is 0 Å². The lowest BCUT2D eigenvalue weighted by Crippen LogP contribution is -2.31. The van der Waals surface area contributed by atoms with Crippen molar-refractivity contribution in [2.24, 2.45) is 4.36 Å². The predicted molar refractivity (Wildman–Crippen MR) is 144 cm³/mol. The van der Waals surface area contributed by atoms with Gasteiger partial charge in [0.05, 0.1) is 24.1 Å². The standard InChI is InChI=1S/C20H19N3O3S.C10H8/c21-13-14-9-10-17-16(11-14)7-4-8-18(17)22-20(24)12-19(23-27(25)26)15-5-2-1-3-6-15;1-2-6-10-8-4-3-7-9(10)5-1/h1-3,5-6,9-11,18-19H,4,7-8,12H2,(H,22,24);1-8H. The molecule has 2 unspecified atom stereocenters. The molecule has 1 amide bonds. The summed E-state index contributed by atoms with van der Waals surface area (Å²) in [4.78, 5) is 12.6. The van der Waals surface area contributed by atoms with Crippen molar-refractivity contribution in [2.45, 2.75) is 37.8 Å². The van der Waals surface area contributed by atoms with E-state index in [1.54, 1.807) is 30.3 Å². The fourth-order valence-corrected chi connectivity index (χ4v) is 4.99. The van der Waals surface area contributed by atoms with Crippen molar-refractivity contribution < 1.29 is 13.2 Å². The average molecular weight is 510 g/mol. The lowest BCUT2D eigenvalue weighted by atomic mass is 9.86. The molecule has 1 aliphatic carbocycles. The highest BCUT2D eigenvalue weighted by atomic mass is 32.2. The summed E-state index contributed by atoms with van der Waals surface area (Å²) in [6.07, 6.45) is 2.57. The SMILES string of the molecule is N#Cc1ccc2c(c1)CCCC2NC(=O)CC(N=S(=O)=O)c1ccccc1.c1ccc2ccccc2c1. The molecular formula is C30H27N3O3S. The van der Waals surface area contributed by atoms with Crippen LogP contribution in [0.15, 0.2) is 101 Å². The summed E-state index contributed by atoms with van der Waals surface area (Å²) >= 11 is 0. The normalized spacial score (nSPS) is 14.7. The molecule has 186 valence electrons. The second kappa shape index (κ2) is 12.6. The molecule has 37 heavy (non-hydrogen) atoms. The maximum absolute atomic E-state index is 12.6. The van der Waals surface area contributed by atoms with E-state index in [1.807, 2.05) is 18.2 Å². The summed E-state index contributed by atoms with van der Waals surface area (Å²) in [6.45, 7) is 0. The van der Waals surface area contributed by atoms with E-state index in [2.05, 4.69) is 64.3 Å². The summed E-state index contributed by atoms with van der Waals surface area (Å²) in [5.41, 5.74) is 3.39. The Balaban J connectivity index is 0.000000265. The first kappa shape index (κ1) is 25.8. The molecule has 7 heteroatoms. The average Bonchev–Trinajstić information content (AvgIpc) is 2.93. The summed E-state index contributed by atoms with van der Waals surface area (Å²) in [7, 11) is -2.59. The van der Waals surface area contributed by atoms with E-state index in [9.17, 15) is 13.2 Å². The first-order chi connectivity index (χ1) is 18.0. The van der Waals surface area contributed by atoms with Crippen LogP contribution in [-0.4, -0.2) is 14.3 Å². The quantitative estimate of drug-likeness (QED) is 0.352. The lowest BCUT2D eigenvalue weighted by Gasteiger charge is -2.27. The van der Waals surface area contributed by atoms with Gasteiger partial charge in [-0.05, 0) is 58.9 Å². The molecule has 0 radical (unpaired) electrons. The predicted octanol–water partition coefficient (Wildman–Crippen LogP) is 6.09. The Bertz CT molecular complexity index is 1490. The molecule has 0 saturated heterocycles. The van der Waals surface area contributed by atoms with Crippen LogP contribution in [0.4, 0.5) is 0 Å². The minimum Gasteiger partial charge on any atom is -0.349 e. The van der Waals surface area contributed by atoms with Gasteiger partial charge in [-0.1, -0.05) is 84.9 Å². The number of nitrogens with one attached hydrogen (secondary N) is 1. The molecule has 4 aromatic carbocycles. The van der Waals surface area contributed by atoms with Gasteiger partial charge < -0.3 is 5.32 Å². The molecule has 0 fully saturated rings. The molecule has 0 aliphatic heterocycles. The largest absolute Gasteiger partial charge is 0.349 e. The van der Waals surface area contributed by atoms with Gasteiger partial charge in [-0.25, -0.2) is 0 Å². The minimum absolute atomic E-state index is 0.0416. The summed E-state index contributed by atoms with van der Waals surface area (Å²) in [5, 5.41) is 14.7. The highest BCUT2D eigenvalue weighted by Crippen LogP contribution is 2.31. The van der Waals surface area contributed by atoms with Gasteiger partial charge in [-0.3, -0.25) is 4.79 Å². The van der Waals surface area contributed by atoms with E-state index in [0.29, 0.717) is 11.1 Å². The van der Waals surface area contributed by atoms with Crippen LogP contribution < -0.4 is 5.32 Å². The summed E-state index contributed by atoms with van der Waals surface area (Å²) < 4.78 is 25.8. The number of hydrogen-bond donors (Lipinski definition) is 1. The number of nitriles is 1. The van der Waals surface area contributed by atoms with E-state index in [-0.39, 0.29) is 18.4 Å². The second-order valence-electron chi connectivity index (χ2n) is 8.84. The maximum Gasteiger partial charge on any atom is 0.311 e. The first-order valence-corrected chi connectivity index (χ1v) is 13.2. The molecule has 0 spiro atoms. The number of aryl methyl sites for hydroxylation is 1. The third-order valence-electron chi connectivity index (χ3n) is 6.36. The fourth-order valence-electron chi connectivity index (χ4n) is 4.59. The van der Waals surface area contributed by atoms with Crippen LogP contribution in [0.5, 0.6) is 0 Å². The monoisotopic (exact) mass is 509 g/mol. The van der Waals surface area contributed by atoms with Gasteiger partial charge in [-0.2, -0.15) is 18.0 Å². The molecule has 5 rings (SSSR count). The molecule has 2 atom stereocenters. The van der Waals surface area contributed by atoms with Gasteiger partial charge in [0.2, 0.25) is 5.91 Å². The van der Waals surface area contributed by atoms with Crippen molar-refractivity contribution in [1.29, 1.82) is 5.26 Å². The number of fused-ring (bicyclic) bond motifs is 2. The molecule has 1 aliphatic rings. The van der Waals surface area contributed by atoms with Crippen molar-refractivity contribution >= 4 is 27.2 Å². The Morgan fingerprint density at radius 2 is 1.57 bits per heavy atom. The van der Waals surface area contributed by atoms with Crippen molar-refractivity contribution in [1.82, 2.24) is 5.32 Å². The Hall–Kier alpha value is -4.28. The molecule has 1 N–H and O–H groups in total. The maximum atomic E-state index is 12.6. The van der Waals surface area contributed by atoms with Gasteiger partial charge >= 0.3 is 10.5 Å². The fraction of sp³-hybridized carbons (Fsp3) is 0.200. The van der Waals surface area contributed by atoms with Crippen LogP contribution in [-0.2, 0) is 21.7 Å². The minimum atomic E-state index is -2.59. The Morgan fingerprint density at radius 1 is 0.946 bits per heavy atom. The molecule has 6 nitrogen and oxygen atoms in total. The zero-order chi connectivity index (χ0) is 26.0. The van der Waals surface area contributed by atoms with Gasteiger partial charge in [0.1, 0.15) is 6.04 Å². The van der Waals surface area contributed by atoms with Crippen LogP contribution in [0.2, 0.25) is 0 Å². The summed E-state index contributed by atoms with van der Waals surface area (Å²) in [5.74, 6) is -0.250. The smallest absolute Gasteiger partial charge is 0.311 e. The van der Waals surface area contributed by atoms with Crippen LogP contribution in [0.25, 0.3) is 10.8 Å². The van der Waals surface area contributed by atoms with Crippen LogP contribution in [0.1, 0.15) is 53.6 Å². The highest BCUT2D eigenvalue weighted by molar-refractivity contribution is 7.61. The number of benzene rings is 4. The zero-order valence-electron chi connectivity index (χ0n) is 20.2. The molecule has 0 aromatic heterocycles. The van der Waals surface area contributed by atoms with E-state index in [0.717, 1.165) is 30.4 Å². The van der Waals surface area contributed by atoms with Crippen LogP contribution in [0, 0.1) is 11.3 Å². The van der Waals surface area contributed by atoms with E-state index >= 15 is 0 Å². The number of carbonyl (C=O) groups excluding carboxylic acids is 1. The molecule has 0 bridgehead atoms. The topological polar surface area (TPSA) is 99.4 Å². The molecule has 0 heterocycles. The number of amides is 1. The number of carbonyl (C=O) groups is 1. The third-order valence-corrected chi connectivity index (χ3v) is 6.78. The van der Waals surface area contributed by atoms with Crippen LogP contribution >= 0.6 is 0 Å². The zero-order valence-corrected chi connectivity index (χ0v) is 21.1. The molecule has 0 saturated carbocycles. The van der Waals surface area contributed by atoms with Crippen molar-refractivity contribution in [3.8, 4) is 6.07 Å². The van der Waals surface area contributed by atoms with E-state index in [1.165, 1.54) is 10.8 Å². The van der Waals surface area contributed by atoms with Crippen molar-refractivity contribution in [2.75, 3.05) is 0 Å². The van der Waals surface area contributed by atoms with Gasteiger partial charge in [0, 0.05) is 0 Å². The Morgan fingerprint density at radius 3 is 2.16 bits per heavy atom. The first-order valence-electron chi connectivity index (χ1n) is 12.1. The third kappa shape index (κ3) is 7.12. The molecule has 4 aromatic rings. The number of hydrogen-bond acceptors (Lipinski definition) is 5. The second-order valence-corrected chi connectivity index (χ2v) is 9.48. The number of rotatable bonds is 5. The molecular weight excluding hydrogens is 482 g/mol. The lowest BCUT2D eigenvalue weighted by molar-refractivity contribution is -0.122. The van der Waals surface area contributed by atoms with E-state index < -0.39 is 16.5 Å². The number of nitrogens with zero attached hydrogens (tertiary/aromatic N) is 2. The Kier molecular flexibility index (Phi) is 8.79. The Labute approximate surface area is 218 Å².